The van der Waals surface area contributed by atoms with E-state index in [0.29, 0.717) is 33.7 Å². The van der Waals surface area contributed by atoms with Crippen LogP contribution in [0, 0.1) is 0 Å². The summed E-state index contributed by atoms with van der Waals surface area (Å²) in [4.78, 5) is 25.7. The minimum atomic E-state index is -0.855. The molecule has 9 heteroatoms. The summed E-state index contributed by atoms with van der Waals surface area (Å²) >= 11 is 0. The average Bonchev–Trinajstić information content (AvgIpc) is 2.81. The predicted molar refractivity (Wildman–Crippen MR) is 121 cm³/mol. The van der Waals surface area contributed by atoms with Gasteiger partial charge in [-0.15, -0.1) is 6.58 Å². The number of hydrogen-bond donors (Lipinski definition) is 2. The molecule has 0 spiro atoms. The number of pyridine rings is 1. The van der Waals surface area contributed by atoms with Crippen molar-refractivity contribution >= 4 is 23.0 Å². The molecule has 0 aliphatic carbocycles. The van der Waals surface area contributed by atoms with E-state index in [1.807, 2.05) is 0 Å². The maximum Gasteiger partial charge on any atom is 0.280 e. The van der Waals surface area contributed by atoms with E-state index in [4.69, 9.17) is 14.2 Å². The molecule has 0 aliphatic rings. The van der Waals surface area contributed by atoms with Gasteiger partial charge < -0.3 is 23.9 Å². The van der Waals surface area contributed by atoms with E-state index >= 15 is 0 Å². The Morgan fingerprint density at radius 3 is 2.44 bits per heavy atom. The van der Waals surface area contributed by atoms with Gasteiger partial charge in [-0.2, -0.15) is 5.10 Å². The van der Waals surface area contributed by atoms with Gasteiger partial charge >= 0.3 is 0 Å². The first-order chi connectivity index (χ1) is 15.5. The minimum Gasteiger partial charge on any atom is -0.506 e. The minimum absolute atomic E-state index is 0.173. The smallest absolute Gasteiger partial charge is 0.280 e. The van der Waals surface area contributed by atoms with Crippen molar-refractivity contribution in [3.05, 3.63) is 70.5 Å². The summed E-state index contributed by atoms with van der Waals surface area (Å²) in [5.74, 6) is 0.0755. The van der Waals surface area contributed by atoms with Crippen LogP contribution < -0.4 is 25.2 Å². The molecule has 0 atom stereocenters. The number of amides is 1. The highest BCUT2D eigenvalue weighted by Crippen LogP contribution is 2.33. The molecule has 3 rings (SSSR count). The molecule has 3 aromatic rings. The van der Waals surface area contributed by atoms with Gasteiger partial charge in [-0.1, -0.05) is 18.2 Å². The van der Waals surface area contributed by atoms with Crippen LogP contribution in [0.15, 0.2) is 58.9 Å². The van der Waals surface area contributed by atoms with Crippen molar-refractivity contribution in [3.8, 4) is 23.0 Å². The highest BCUT2D eigenvalue weighted by Gasteiger charge is 2.21. The number of methoxy groups -OCH3 is 3. The summed E-state index contributed by atoms with van der Waals surface area (Å²) in [7, 11) is 4.47. The van der Waals surface area contributed by atoms with Gasteiger partial charge in [0, 0.05) is 23.6 Å². The van der Waals surface area contributed by atoms with Gasteiger partial charge in [0.15, 0.2) is 11.5 Å². The molecule has 1 heterocycles. The average molecular weight is 437 g/mol. The molecule has 2 N–H and O–H groups in total. The number of allylic oxidation sites excluding steroid dienone is 1. The normalized spacial score (nSPS) is 10.8. The fourth-order valence-electron chi connectivity index (χ4n) is 3.27. The number of fused-ring (bicyclic) bond motifs is 1. The van der Waals surface area contributed by atoms with Crippen molar-refractivity contribution in [2.45, 2.75) is 6.54 Å². The molecule has 2 aromatic carbocycles. The quantitative estimate of drug-likeness (QED) is 0.318. The summed E-state index contributed by atoms with van der Waals surface area (Å²) in [6.07, 6.45) is 2.87. The van der Waals surface area contributed by atoms with Gasteiger partial charge in [-0.25, -0.2) is 5.43 Å². The Hall–Kier alpha value is -4.27. The number of ether oxygens (including phenoxy) is 3. The van der Waals surface area contributed by atoms with E-state index in [1.165, 1.54) is 38.2 Å². The summed E-state index contributed by atoms with van der Waals surface area (Å²) < 4.78 is 17.2. The zero-order valence-electron chi connectivity index (χ0n) is 17.9. The number of carbonyl (C=O) groups is 1. The lowest BCUT2D eigenvalue weighted by molar-refractivity contribution is 0.0950. The summed E-state index contributed by atoms with van der Waals surface area (Å²) in [6.45, 7) is 3.82. The number of rotatable bonds is 8. The molecule has 1 amide bonds. The van der Waals surface area contributed by atoms with E-state index in [0.717, 1.165) is 0 Å². The van der Waals surface area contributed by atoms with E-state index < -0.39 is 22.8 Å². The van der Waals surface area contributed by atoms with Gasteiger partial charge in [-0.3, -0.25) is 9.59 Å². The highest BCUT2D eigenvalue weighted by atomic mass is 16.5. The molecule has 0 radical (unpaired) electrons. The Morgan fingerprint density at radius 2 is 1.78 bits per heavy atom. The standard InChI is InChI=1S/C23H23N3O6/c1-5-10-26-16-9-7-6-8-15(16)21(27)20(23(26)29)22(28)25-24-13-14-11-18(31-3)19(32-4)12-17(14)30-2/h5-9,11-13,27H,1,10H2,2-4H3,(H,25,28)/b24-13+. The van der Waals surface area contributed by atoms with E-state index in [9.17, 15) is 14.7 Å². The first-order valence-corrected chi connectivity index (χ1v) is 9.55. The van der Waals surface area contributed by atoms with E-state index in [1.54, 1.807) is 36.4 Å². The topological polar surface area (TPSA) is 111 Å². The monoisotopic (exact) mass is 437 g/mol. The summed E-state index contributed by atoms with van der Waals surface area (Å²) in [5, 5.41) is 14.9. The molecule has 0 fully saturated rings. The second kappa shape index (κ2) is 9.69. The zero-order valence-corrected chi connectivity index (χ0v) is 17.9. The number of hydrogen-bond acceptors (Lipinski definition) is 7. The van der Waals surface area contributed by atoms with Gasteiger partial charge in [0.1, 0.15) is 17.1 Å². The van der Waals surface area contributed by atoms with Gasteiger partial charge in [0.25, 0.3) is 11.5 Å². The number of nitrogens with one attached hydrogen (secondary N) is 1. The van der Waals surface area contributed by atoms with Crippen LogP contribution in [0.25, 0.3) is 10.9 Å². The lowest BCUT2D eigenvalue weighted by Crippen LogP contribution is -2.31. The fourth-order valence-corrected chi connectivity index (χ4v) is 3.27. The third-order valence-corrected chi connectivity index (χ3v) is 4.79. The van der Waals surface area contributed by atoms with Crippen LogP contribution in [0.2, 0.25) is 0 Å². The second-order valence-corrected chi connectivity index (χ2v) is 6.59. The van der Waals surface area contributed by atoms with Gasteiger partial charge in [-0.05, 0) is 18.2 Å². The Kier molecular flexibility index (Phi) is 6.79. The van der Waals surface area contributed by atoms with Crippen molar-refractivity contribution in [2.24, 2.45) is 5.10 Å². The van der Waals surface area contributed by atoms with Crippen LogP contribution in [0.4, 0.5) is 0 Å². The highest BCUT2D eigenvalue weighted by molar-refractivity contribution is 6.02. The lowest BCUT2D eigenvalue weighted by Gasteiger charge is -2.13. The molecular formula is C23H23N3O6. The third-order valence-electron chi connectivity index (χ3n) is 4.79. The molecule has 32 heavy (non-hydrogen) atoms. The van der Waals surface area contributed by atoms with Crippen LogP contribution in [-0.4, -0.2) is 43.1 Å². The molecule has 0 saturated heterocycles. The van der Waals surface area contributed by atoms with E-state index in [-0.39, 0.29) is 6.54 Å². The van der Waals surface area contributed by atoms with Crippen LogP contribution in [0.1, 0.15) is 15.9 Å². The molecular weight excluding hydrogens is 414 g/mol. The largest absolute Gasteiger partial charge is 0.506 e. The molecule has 0 unspecified atom stereocenters. The van der Waals surface area contributed by atoms with E-state index in [2.05, 4.69) is 17.1 Å². The van der Waals surface area contributed by atoms with Crippen molar-refractivity contribution < 1.29 is 24.1 Å². The van der Waals surface area contributed by atoms with Crippen molar-refractivity contribution in [3.63, 3.8) is 0 Å². The molecule has 166 valence electrons. The van der Waals surface area contributed by atoms with Crippen LogP contribution >= 0.6 is 0 Å². The number of hydrazone groups is 1. The molecule has 9 nitrogen and oxygen atoms in total. The van der Waals surface area contributed by atoms with Crippen molar-refractivity contribution in [1.82, 2.24) is 9.99 Å². The first-order valence-electron chi connectivity index (χ1n) is 9.55. The molecule has 0 bridgehead atoms. The first kappa shape index (κ1) is 22.4. The van der Waals surface area contributed by atoms with Crippen LogP contribution in [0.3, 0.4) is 0 Å². The predicted octanol–water partition coefficient (Wildman–Crippen LogP) is 2.68. The lowest BCUT2D eigenvalue weighted by atomic mass is 10.1. The Labute approximate surface area is 184 Å². The maximum absolute atomic E-state index is 12.9. The van der Waals surface area contributed by atoms with Crippen molar-refractivity contribution in [2.75, 3.05) is 21.3 Å². The third kappa shape index (κ3) is 4.13. The Bertz CT molecular complexity index is 1260. The zero-order chi connectivity index (χ0) is 23.3. The molecule has 0 saturated carbocycles. The van der Waals surface area contributed by atoms with Gasteiger partial charge in [0.05, 0.1) is 33.1 Å². The molecule has 0 aliphatic heterocycles. The number of carbonyl (C=O) groups excluding carboxylic acids is 1. The number of nitrogens with zero attached hydrogens (tertiary/aromatic N) is 2. The molecule has 1 aromatic heterocycles. The second-order valence-electron chi connectivity index (χ2n) is 6.59. The van der Waals surface area contributed by atoms with Crippen LogP contribution in [-0.2, 0) is 6.54 Å². The summed E-state index contributed by atoms with van der Waals surface area (Å²) in [5.41, 5.74) is 2.20. The number of aromatic hydroxyl groups is 1. The number of benzene rings is 2. The maximum atomic E-state index is 12.9. The number of para-hydroxylation sites is 1. The summed E-state index contributed by atoms with van der Waals surface area (Å²) in [6, 6.07) is 9.99. The SMILES string of the molecule is C=CCn1c(=O)c(C(=O)N/N=C/c2cc(OC)c(OC)cc2OC)c(O)c2ccccc21. The van der Waals surface area contributed by atoms with Crippen LogP contribution in [0.5, 0.6) is 23.0 Å². The van der Waals surface area contributed by atoms with Crippen molar-refractivity contribution in [1.29, 1.82) is 0 Å². The Balaban J connectivity index is 1.97. The fraction of sp³-hybridized carbons (Fsp3) is 0.174. The Morgan fingerprint density at radius 1 is 1.12 bits per heavy atom. The number of aromatic nitrogens is 1. The van der Waals surface area contributed by atoms with Gasteiger partial charge in [0.2, 0.25) is 0 Å².